The minimum absolute atomic E-state index is 0.163. The molecule has 4 rings (SSSR count). The molecule has 28 heavy (non-hydrogen) atoms. The van der Waals surface area contributed by atoms with E-state index in [-0.39, 0.29) is 18.6 Å². The van der Waals surface area contributed by atoms with E-state index in [0.717, 1.165) is 11.3 Å². The first-order valence-electron chi connectivity index (χ1n) is 9.11. The van der Waals surface area contributed by atoms with Crippen molar-refractivity contribution in [2.75, 3.05) is 13.2 Å². The zero-order valence-electron chi connectivity index (χ0n) is 15.1. The Morgan fingerprint density at radius 3 is 2.61 bits per heavy atom. The van der Waals surface area contributed by atoms with Crippen LogP contribution in [0.5, 0.6) is 0 Å². The number of hydrogen-bond acceptors (Lipinski definition) is 5. The van der Waals surface area contributed by atoms with Crippen molar-refractivity contribution in [3.8, 4) is 0 Å². The van der Waals surface area contributed by atoms with Crippen LogP contribution in [0.1, 0.15) is 23.8 Å². The first-order chi connectivity index (χ1) is 13.6. The Morgan fingerprint density at radius 2 is 1.93 bits per heavy atom. The van der Waals surface area contributed by atoms with Crippen LogP contribution in [0.25, 0.3) is 0 Å². The van der Waals surface area contributed by atoms with Gasteiger partial charge < -0.3 is 19.2 Å². The number of nitrogens with zero attached hydrogens (tertiary/aromatic N) is 2. The van der Waals surface area contributed by atoms with Crippen molar-refractivity contribution in [1.82, 2.24) is 9.80 Å². The summed E-state index contributed by atoms with van der Waals surface area (Å²) in [5, 5.41) is 9.15. The van der Waals surface area contributed by atoms with Crippen LogP contribution < -0.4 is 0 Å². The summed E-state index contributed by atoms with van der Waals surface area (Å²) in [7, 11) is 0. The van der Waals surface area contributed by atoms with Gasteiger partial charge in [0.25, 0.3) is 0 Å². The maximum absolute atomic E-state index is 12.8. The van der Waals surface area contributed by atoms with Gasteiger partial charge in [-0.25, -0.2) is 4.79 Å². The van der Waals surface area contributed by atoms with Crippen molar-refractivity contribution in [2.24, 2.45) is 0 Å². The molecule has 8 heteroatoms. The highest BCUT2D eigenvalue weighted by molar-refractivity contribution is 5.95. The van der Waals surface area contributed by atoms with Crippen LogP contribution in [-0.2, 0) is 20.7 Å². The Bertz CT molecular complexity index is 866. The molecule has 0 bridgehead atoms. The fourth-order valence-corrected chi connectivity index (χ4v) is 3.96. The van der Waals surface area contributed by atoms with Crippen molar-refractivity contribution in [1.29, 1.82) is 0 Å². The van der Waals surface area contributed by atoms with E-state index in [1.165, 1.54) is 9.80 Å². The van der Waals surface area contributed by atoms with Crippen LogP contribution in [-0.4, -0.2) is 58.1 Å². The van der Waals surface area contributed by atoms with E-state index in [0.29, 0.717) is 12.8 Å². The first-order valence-corrected chi connectivity index (χ1v) is 9.11. The molecule has 2 saturated heterocycles. The van der Waals surface area contributed by atoms with Gasteiger partial charge in [-0.05, 0) is 24.1 Å². The predicted octanol–water partition coefficient (Wildman–Crippen LogP) is 2.07. The van der Waals surface area contributed by atoms with Crippen LogP contribution in [0.15, 0.2) is 53.1 Å². The third-order valence-electron chi connectivity index (χ3n) is 5.27. The van der Waals surface area contributed by atoms with Crippen LogP contribution >= 0.6 is 0 Å². The highest BCUT2D eigenvalue weighted by Crippen LogP contribution is 2.37. The van der Waals surface area contributed by atoms with Crippen LogP contribution in [0.3, 0.4) is 0 Å². The number of furan rings is 1. The summed E-state index contributed by atoms with van der Waals surface area (Å²) >= 11 is 0. The Labute approximate surface area is 161 Å². The lowest BCUT2D eigenvalue weighted by Gasteiger charge is -2.50. The molecule has 2 fully saturated rings. The molecular formula is C20H20N2O6. The second-order valence-electron chi connectivity index (χ2n) is 6.90. The number of likely N-dealkylation sites (tertiary alicyclic amines) is 1. The second-order valence-corrected chi connectivity index (χ2v) is 6.90. The molecule has 2 aliphatic rings. The maximum Gasteiger partial charge on any atom is 0.411 e. The molecule has 0 aliphatic carbocycles. The quantitative estimate of drug-likeness (QED) is 0.734. The number of cyclic esters (lactones) is 1. The molecule has 0 spiro atoms. The number of hydrogen-bond donors (Lipinski definition) is 1. The summed E-state index contributed by atoms with van der Waals surface area (Å²) in [6.45, 7) is -0.229. The number of amides is 2. The van der Waals surface area contributed by atoms with Gasteiger partial charge in [0.15, 0.2) is 0 Å². The summed E-state index contributed by atoms with van der Waals surface area (Å²) in [6, 6.07) is 11.5. The molecule has 2 aliphatic heterocycles. The summed E-state index contributed by atoms with van der Waals surface area (Å²) in [5.41, 5.74) is 0.877. The van der Waals surface area contributed by atoms with Crippen LogP contribution in [0, 0.1) is 0 Å². The van der Waals surface area contributed by atoms with Crippen molar-refractivity contribution < 1.29 is 28.6 Å². The number of β-lactam (4-membered cyclic amide) rings is 1. The molecule has 1 aromatic heterocycles. The van der Waals surface area contributed by atoms with E-state index in [9.17, 15) is 14.4 Å². The van der Waals surface area contributed by atoms with Crippen LogP contribution in [0.2, 0.25) is 0 Å². The van der Waals surface area contributed by atoms with Crippen molar-refractivity contribution >= 4 is 18.0 Å². The molecule has 2 amide bonds. The van der Waals surface area contributed by atoms with E-state index in [4.69, 9.17) is 14.3 Å². The molecule has 1 unspecified atom stereocenters. The Hall–Kier alpha value is -3.29. The molecule has 1 N–H and O–H groups in total. The van der Waals surface area contributed by atoms with E-state index in [1.54, 1.807) is 12.3 Å². The fraction of sp³-hybridized carbons (Fsp3) is 0.350. The van der Waals surface area contributed by atoms with E-state index in [1.807, 2.05) is 36.4 Å². The van der Waals surface area contributed by atoms with Gasteiger partial charge in [-0.3, -0.25) is 14.5 Å². The lowest BCUT2D eigenvalue weighted by molar-refractivity contribution is -0.164. The number of carboxylic acids is 1. The SMILES string of the molecule is O=C(O)CN1C(=O)[C@@H](N2C(=O)OCC2c2ccccc2)[C@H]1CCc1ccco1. The average Bonchev–Trinajstić information content (AvgIpc) is 3.33. The van der Waals surface area contributed by atoms with Gasteiger partial charge in [0.2, 0.25) is 5.91 Å². The molecule has 1 aromatic carbocycles. The highest BCUT2D eigenvalue weighted by Gasteiger charge is 2.56. The maximum atomic E-state index is 12.8. The Kier molecular flexibility index (Phi) is 4.77. The van der Waals surface area contributed by atoms with Gasteiger partial charge >= 0.3 is 12.1 Å². The molecule has 146 valence electrons. The Balaban J connectivity index is 1.58. The number of rotatable bonds is 7. The summed E-state index contributed by atoms with van der Waals surface area (Å²) in [5.74, 6) is -0.706. The summed E-state index contributed by atoms with van der Waals surface area (Å²) < 4.78 is 10.6. The monoisotopic (exact) mass is 384 g/mol. The number of ether oxygens (including phenoxy) is 1. The minimum Gasteiger partial charge on any atom is -0.480 e. The van der Waals surface area contributed by atoms with Crippen molar-refractivity contribution in [2.45, 2.75) is 31.0 Å². The first kappa shape index (κ1) is 18.1. The summed E-state index contributed by atoms with van der Waals surface area (Å²) in [4.78, 5) is 39.2. The van der Waals surface area contributed by atoms with Gasteiger partial charge in [0.1, 0.15) is 25.0 Å². The highest BCUT2D eigenvalue weighted by atomic mass is 16.6. The molecule has 2 aromatic rings. The van der Waals surface area contributed by atoms with E-state index < -0.39 is 30.7 Å². The lowest BCUT2D eigenvalue weighted by Crippen LogP contribution is -2.71. The smallest absolute Gasteiger partial charge is 0.411 e. The third kappa shape index (κ3) is 3.21. The average molecular weight is 384 g/mol. The molecule has 0 radical (unpaired) electrons. The summed E-state index contributed by atoms with van der Waals surface area (Å²) in [6.07, 6.45) is 2.04. The van der Waals surface area contributed by atoms with Crippen LogP contribution in [0.4, 0.5) is 4.79 Å². The number of aliphatic carboxylic acids is 1. The zero-order valence-corrected chi connectivity index (χ0v) is 15.1. The molecule has 0 saturated carbocycles. The van der Waals surface area contributed by atoms with Gasteiger partial charge in [-0.15, -0.1) is 0 Å². The molecule has 3 heterocycles. The minimum atomic E-state index is -1.08. The zero-order chi connectivity index (χ0) is 19.7. The number of carboxylic acid groups (broad SMARTS) is 1. The van der Waals surface area contributed by atoms with E-state index >= 15 is 0 Å². The molecule has 8 nitrogen and oxygen atoms in total. The fourth-order valence-electron chi connectivity index (χ4n) is 3.96. The molecular weight excluding hydrogens is 364 g/mol. The normalized spacial score (nSPS) is 24.2. The van der Waals surface area contributed by atoms with Crippen molar-refractivity contribution in [3.05, 3.63) is 60.1 Å². The number of aryl methyl sites for hydroxylation is 1. The number of benzene rings is 1. The standard InChI is InChI=1S/C20H20N2O6/c23-17(24)11-21-15(9-8-14-7-4-10-27-14)18(19(21)25)22-16(12-28-20(22)26)13-5-2-1-3-6-13/h1-7,10,15-16,18H,8-9,11-12H2,(H,23,24)/t15-,16?,18+/m1/s1. The largest absolute Gasteiger partial charge is 0.480 e. The second kappa shape index (κ2) is 7.38. The lowest BCUT2D eigenvalue weighted by atomic mass is 9.87. The van der Waals surface area contributed by atoms with Gasteiger partial charge in [0, 0.05) is 6.42 Å². The Morgan fingerprint density at radius 1 is 1.14 bits per heavy atom. The topological polar surface area (TPSA) is 100 Å². The van der Waals surface area contributed by atoms with Gasteiger partial charge in [-0.1, -0.05) is 30.3 Å². The third-order valence-corrected chi connectivity index (χ3v) is 5.27. The molecule has 3 atom stereocenters. The van der Waals surface area contributed by atoms with Gasteiger partial charge in [-0.2, -0.15) is 0 Å². The van der Waals surface area contributed by atoms with E-state index in [2.05, 4.69) is 0 Å². The number of carbonyl (C=O) groups excluding carboxylic acids is 2. The predicted molar refractivity (Wildman–Crippen MR) is 96.3 cm³/mol. The van der Waals surface area contributed by atoms with Gasteiger partial charge in [0.05, 0.1) is 18.3 Å². The number of carbonyl (C=O) groups is 3. The van der Waals surface area contributed by atoms with Crippen molar-refractivity contribution in [3.63, 3.8) is 0 Å².